The van der Waals surface area contributed by atoms with Gasteiger partial charge in [-0.2, -0.15) is 0 Å². The zero-order valence-corrected chi connectivity index (χ0v) is 20.9. The van der Waals surface area contributed by atoms with Crippen molar-refractivity contribution < 1.29 is 48.6 Å². The lowest BCUT2D eigenvalue weighted by Crippen LogP contribution is -2.42. The molecule has 3 aliphatic heterocycles. The second-order valence-corrected chi connectivity index (χ2v) is 9.52. The summed E-state index contributed by atoms with van der Waals surface area (Å²) in [4.78, 5) is 5.47. The third kappa shape index (κ3) is 4.98. The molecule has 0 saturated carbocycles. The molecule has 0 aliphatic carbocycles. The van der Waals surface area contributed by atoms with E-state index in [-0.39, 0.29) is 12.3 Å². The molecule has 0 spiro atoms. The van der Waals surface area contributed by atoms with Gasteiger partial charge in [-0.3, -0.25) is 0 Å². The molecule has 2 saturated heterocycles. The zero-order valence-electron chi connectivity index (χ0n) is 20.9. The van der Waals surface area contributed by atoms with Gasteiger partial charge in [0.05, 0.1) is 14.2 Å². The number of ether oxygens (including phenoxy) is 6. The van der Waals surface area contributed by atoms with Crippen molar-refractivity contribution in [1.29, 1.82) is 0 Å². The Labute approximate surface area is 214 Å². The summed E-state index contributed by atoms with van der Waals surface area (Å²) in [7, 11) is 3.09. The maximum Gasteiger partial charge on any atom is 0.190 e. The van der Waals surface area contributed by atoms with Gasteiger partial charge in [-0.05, 0) is 49.7 Å². The number of aliphatic hydroxyl groups excluding tert-OH is 3. The molecule has 2 aromatic rings. The molecular weight excluding hydrogens is 486 g/mol. The number of hydrogen-bond acceptors (Lipinski definition) is 11. The summed E-state index contributed by atoms with van der Waals surface area (Å²) in [5.74, 6) is 0.741. The number of methoxy groups -OCH3 is 2. The van der Waals surface area contributed by atoms with Crippen LogP contribution in [-0.4, -0.2) is 84.5 Å². The van der Waals surface area contributed by atoms with Gasteiger partial charge in [0, 0.05) is 5.56 Å². The monoisotopic (exact) mass is 517 g/mol. The number of fused-ring (bicyclic) bond motifs is 2. The van der Waals surface area contributed by atoms with Gasteiger partial charge >= 0.3 is 0 Å². The highest BCUT2D eigenvalue weighted by Crippen LogP contribution is 2.39. The number of hydrogen-bond donors (Lipinski definition) is 3. The molecule has 0 amide bonds. The number of aliphatic hydroxyl groups is 3. The molecular formula is C26H31NO10. The van der Waals surface area contributed by atoms with Gasteiger partial charge in [0.15, 0.2) is 18.2 Å². The van der Waals surface area contributed by atoms with E-state index in [1.54, 1.807) is 57.4 Å². The first-order valence-corrected chi connectivity index (χ1v) is 11.9. The van der Waals surface area contributed by atoms with Gasteiger partial charge in [-0.15, -0.1) is 0 Å². The zero-order chi connectivity index (χ0) is 26.3. The Morgan fingerprint density at radius 1 is 1.03 bits per heavy atom. The van der Waals surface area contributed by atoms with Crippen molar-refractivity contribution in [2.24, 2.45) is 5.16 Å². The van der Waals surface area contributed by atoms with Crippen LogP contribution in [0, 0.1) is 0 Å². The Kier molecular flexibility index (Phi) is 7.01. The van der Waals surface area contributed by atoms with E-state index in [9.17, 15) is 15.3 Å². The van der Waals surface area contributed by atoms with E-state index in [0.29, 0.717) is 28.4 Å². The van der Waals surface area contributed by atoms with Crippen LogP contribution in [0.1, 0.15) is 31.1 Å². The standard InChI is InChI=1S/C26H31NO10/c1-26(2)36-24-21(30)23(35-25(24)37-26)17(28)12-33-27-19-16-11-15(32-4)8-9-18(16)34-22(20(19)29)13-6-5-7-14(10-13)31-3/h5-11,17,20-25,28-30H,12H2,1-4H3/t17-,20+,21+,22-,23-,24-,25-/m1/s1. The Morgan fingerprint density at radius 3 is 2.51 bits per heavy atom. The Hall–Kier alpha value is -2.93. The largest absolute Gasteiger partial charge is 0.497 e. The number of oxime groups is 1. The minimum Gasteiger partial charge on any atom is -0.497 e. The molecule has 2 fully saturated rings. The average Bonchev–Trinajstić information content (AvgIpc) is 3.36. The molecule has 5 rings (SSSR count). The minimum absolute atomic E-state index is 0.193. The van der Waals surface area contributed by atoms with E-state index in [4.69, 9.17) is 33.3 Å². The number of rotatable bonds is 7. The lowest BCUT2D eigenvalue weighted by molar-refractivity contribution is -0.228. The highest BCUT2D eigenvalue weighted by molar-refractivity contribution is 6.07. The highest BCUT2D eigenvalue weighted by Gasteiger charge is 2.56. The fourth-order valence-electron chi connectivity index (χ4n) is 4.73. The van der Waals surface area contributed by atoms with Gasteiger partial charge in [0.1, 0.15) is 60.1 Å². The van der Waals surface area contributed by atoms with Crippen LogP contribution in [0.5, 0.6) is 17.2 Å². The number of benzene rings is 2. The third-order valence-corrected chi connectivity index (χ3v) is 6.55. The molecule has 7 atom stereocenters. The Morgan fingerprint density at radius 2 is 1.78 bits per heavy atom. The van der Waals surface area contributed by atoms with E-state index in [1.807, 2.05) is 6.07 Å². The van der Waals surface area contributed by atoms with Gasteiger partial charge in [0.25, 0.3) is 0 Å². The second kappa shape index (κ2) is 10.1. The SMILES string of the molecule is COc1cccc([C@H]2Oc3ccc(OC)cc3C(=NOC[C@@H](O)[C@H]3O[C@@H]4OC(C)(C)O[C@@H]4[C@H]3O)[C@@H]2O)c1. The van der Waals surface area contributed by atoms with Crippen LogP contribution in [0.15, 0.2) is 47.6 Å². The van der Waals surface area contributed by atoms with Crippen molar-refractivity contribution in [3.05, 3.63) is 53.6 Å². The van der Waals surface area contributed by atoms with Crippen LogP contribution in [0.25, 0.3) is 0 Å². The van der Waals surface area contributed by atoms with Crippen molar-refractivity contribution >= 4 is 5.71 Å². The van der Waals surface area contributed by atoms with E-state index in [2.05, 4.69) is 5.16 Å². The smallest absolute Gasteiger partial charge is 0.190 e. The Bertz CT molecular complexity index is 1150. The normalized spacial score (nSPS) is 31.8. The fourth-order valence-corrected chi connectivity index (χ4v) is 4.73. The van der Waals surface area contributed by atoms with Crippen molar-refractivity contribution in [3.63, 3.8) is 0 Å². The van der Waals surface area contributed by atoms with Crippen LogP contribution < -0.4 is 14.2 Å². The molecule has 3 aliphatic rings. The summed E-state index contributed by atoms with van der Waals surface area (Å²) >= 11 is 0. The van der Waals surface area contributed by atoms with Gasteiger partial charge in [-0.25, -0.2) is 0 Å². The predicted molar refractivity (Wildman–Crippen MR) is 129 cm³/mol. The molecule has 3 N–H and O–H groups in total. The first-order valence-electron chi connectivity index (χ1n) is 11.9. The summed E-state index contributed by atoms with van der Waals surface area (Å²) in [5, 5.41) is 36.7. The van der Waals surface area contributed by atoms with E-state index < -0.39 is 48.7 Å². The average molecular weight is 518 g/mol. The fraction of sp³-hybridized carbons (Fsp3) is 0.500. The maximum atomic E-state index is 11.3. The van der Waals surface area contributed by atoms with Gasteiger partial charge < -0.3 is 48.6 Å². The quantitative estimate of drug-likeness (QED) is 0.464. The first-order chi connectivity index (χ1) is 17.7. The van der Waals surface area contributed by atoms with Crippen LogP contribution in [-0.2, 0) is 19.0 Å². The predicted octanol–water partition coefficient (Wildman–Crippen LogP) is 1.52. The topological polar surface area (TPSA) is 138 Å². The molecule has 200 valence electrons. The highest BCUT2D eigenvalue weighted by atomic mass is 16.8. The van der Waals surface area contributed by atoms with Crippen molar-refractivity contribution in [2.75, 3.05) is 20.8 Å². The summed E-state index contributed by atoms with van der Waals surface area (Å²) in [6, 6.07) is 12.3. The van der Waals surface area contributed by atoms with Crippen LogP contribution in [0.3, 0.4) is 0 Å². The molecule has 0 radical (unpaired) electrons. The van der Waals surface area contributed by atoms with Gasteiger partial charge in [0.2, 0.25) is 0 Å². The molecule has 11 heteroatoms. The van der Waals surface area contributed by atoms with Crippen molar-refractivity contribution in [1.82, 2.24) is 0 Å². The lowest BCUT2D eigenvalue weighted by Gasteiger charge is -2.32. The summed E-state index contributed by atoms with van der Waals surface area (Å²) in [6.45, 7) is 3.12. The number of nitrogens with zero attached hydrogens (tertiary/aromatic N) is 1. The molecule has 0 bridgehead atoms. The Balaban J connectivity index is 1.35. The molecule has 37 heavy (non-hydrogen) atoms. The molecule has 3 heterocycles. The van der Waals surface area contributed by atoms with E-state index in [0.717, 1.165) is 0 Å². The van der Waals surface area contributed by atoms with Crippen molar-refractivity contribution in [2.45, 2.75) is 62.5 Å². The van der Waals surface area contributed by atoms with E-state index in [1.165, 1.54) is 7.11 Å². The van der Waals surface area contributed by atoms with Gasteiger partial charge in [-0.1, -0.05) is 17.3 Å². The molecule has 11 nitrogen and oxygen atoms in total. The summed E-state index contributed by atoms with van der Waals surface area (Å²) in [6.07, 6.45) is -6.87. The lowest BCUT2D eigenvalue weighted by atomic mass is 9.92. The first kappa shape index (κ1) is 25.7. The maximum absolute atomic E-state index is 11.3. The minimum atomic E-state index is -1.24. The molecule has 2 aromatic carbocycles. The van der Waals surface area contributed by atoms with Crippen LogP contribution in [0.4, 0.5) is 0 Å². The summed E-state index contributed by atoms with van der Waals surface area (Å²) < 4.78 is 33.7. The van der Waals surface area contributed by atoms with E-state index >= 15 is 0 Å². The van der Waals surface area contributed by atoms with Crippen molar-refractivity contribution in [3.8, 4) is 17.2 Å². The molecule has 0 aromatic heterocycles. The van der Waals surface area contributed by atoms with Crippen LogP contribution >= 0.6 is 0 Å². The summed E-state index contributed by atoms with van der Waals surface area (Å²) in [5.41, 5.74) is 1.35. The molecule has 0 unspecified atom stereocenters. The third-order valence-electron chi connectivity index (χ3n) is 6.55. The second-order valence-electron chi connectivity index (χ2n) is 9.52. The van der Waals surface area contributed by atoms with Crippen LogP contribution in [0.2, 0.25) is 0 Å².